The van der Waals surface area contributed by atoms with Crippen molar-refractivity contribution in [2.24, 2.45) is 0 Å². The van der Waals surface area contributed by atoms with Crippen molar-refractivity contribution < 1.29 is 9.90 Å². The molecule has 0 aliphatic rings. The predicted octanol–water partition coefficient (Wildman–Crippen LogP) is 0.585. The molecule has 0 aromatic carbocycles. The van der Waals surface area contributed by atoms with Crippen molar-refractivity contribution in [3.05, 3.63) is 22.8 Å². The molecule has 2 aromatic rings. The summed E-state index contributed by atoms with van der Waals surface area (Å²) in [5.74, 6) is -1.09. The van der Waals surface area contributed by atoms with Crippen LogP contribution in [0.3, 0.4) is 0 Å². The Hall–Kier alpha value is -1.50. The van der Waals surface area contributed by atoms with Gasteiger partial charge in [0.2, 0.25) is 4.73 Å². The van der Waals surface area contributed by atoms with Crippen LogP contribution in [0.25, 0.3) is 5.65 Å². The summed E-state index contributed by atoms with van der Waals surface area (Å²) in [5, 5.41) is 12.4. The summed E-state index contributed by atoms with van der Waals surface area (Å²) in [6, 6.07) is 1.37. The second-order valence-corrected chi connectivity index (χ2v) is 2.96. The first-order valence-corrected chi connectivity index (χ1v) is 4.07. The van der Waals surface area contributed by atoms with Gasteiger partial charge in [0.15, 0.2) is 11.3 Å². The molecular formula is C6H3BrN4O2. The second-order valence-electron chi connectivity index (χ2n) is 2.25. The predicted molar refractivity (Wildman–Crippen MR) is 45.4 cm³/mol. The van der Waals surface area contributed by atoms with Gasteiger partial charge in [0, 0.05) is 6.07 Å². The van der Waals surface area contributed by atoms with E-state index in [-0.39, 0.29) is 5.69 Å². The van der Waals surface area contributed by atoms with Crippen LogP contribution in [-0.2, 0) is 0 Å². The molecule has 0 aliphatic carbocycles. The normalized spacial score (nSPS) is 10.5. The minimum atomic E-state index is -1.09. The van der Waals surface area contributed by atoms with Gasteiger partial charge in [-0.15, -0.1) is 0 Å². The standard InChI is InChI=1S/C6H3BrN4O2/c7-6-9-2-8-4-1-3(5(12)13)10-11(4)6/h1-2H,(H,12,13). The molecule has 13 heavy (non-hydrogen) atoms. The van der Waals surface area contributed by atoms with Gasteiger partial charge in [-0.1, -0.05) is 0 Å². The van der Waals surface area contributed by atoms with E-state index in [1.807, 2.05) is 0 Å². The van der Waals surface area contributed by atoms with Crippen molar-refractivity contribution >= 4 is 27.5 Å². The number of aromatic carboxylic acids is 1. The van der Waals surface area contributed by atoms with Crippen molar-refractivity contribution in [3.8, 4) is 0 Å². The lowest BCUT2D eigenvalue weighted by atomic mass is 10.4. The van der Waals surface area contributed by atoms with E-state index in [0.717, 1.165) is 0 Å². The highest BCUT2D eigenvalue weighted by molar-refractivity contribution is 9.10. The molecule has 7 heteroatoms. The van der Waals surface area contributed by atoms with E-state index in [1.165, 1.54) is 16.9 Å². The number of carboxylic acids is 1. The first-order valence-electron chi connectivity index (χ1n) is 3.28. The van der Waals surface area contributed by atoms with Crippen LogP contribution in [0.4, 0.5) is 0 Å². The maximum atomic E-state index is 10.5. The molecule has 2 rings (SSSR count). The molecule has 0 unspecified atom stereocenters. The highest BCUT2D eigenvalue weighted by Gasteiger charge is 2.10. The van der Waals surface area contributed by atoms with Gasteiger partial charge >= 0.3 is 5.97 Å². The molecule has 6 nitrogen and oxygen atoms in total. The molecule has 0 saturated carbocycles. The molecule has 0 aliphatic heterocycles. The fourth-order valence-corrected chi connectivity index (χ4v) is 1.25. The molecular weight excluding hydrogens is 240 g/mol. The monoisotopic (exact) mass is 242 g/mol. The summed E-state index contributed by atoms with van der Waals surface area (Å²) < 4.78 is 1.73. The SMILES string of the molecule is O=C(O)c1cc2ncnc(Br)n2n1. The maximum Gasteiger partial charge on any atom is 0.356 e. The highest BCUT2D eigenvalue weighted by Crippen LogP contribution is 2.08. The Morgan fingerprint density at radius 2 is 2.31 bits per heavy atom. The summed E-state index contributed by atoms with van der Waals surface area (Å²) in [6.45, 7) is 0. The van der Waals surface area contributed by atoms with E-state index in [4.69, 9.17) is 5.11 Å². The largest absolute Gasteiger partial charge is 0.476 e. The lowest BCUT2D eigenvalue weighted by Crippen LogP contribution is -1.99. The molecule has 0 spiro atoms. The van der Waals surface area contributed by atoms with Gasteiger partial charge in [-0.3, -0.25) is 0 Å². The average molecular weight is 243 g/mol. The van der Waals surface area contributed by atoms with E-state index in [9.17, 15) is 4.79 Å². The first-order chi connectivity index (χ1) is 6.18. The number of nitrogens with zero attached hydrogens (tertiary/aromatic N) is 4. The summed E-state index contributed by atoms with van der Waals surface area (Å²) >= 11 is 3.12. The topological polar surface area (TPSA) is 80.4 Å². The van der Waals surface area contributed by atoms with Gasteiger partial charge in [-0.2, -0.15) is 9.61 Å². The fraction of sp³-hybridized carbons (Fsp3) is 0. The van der Waals surface area contributed by atoms with Crippen molar-refractivity contribution in [2.45, 2.75) is 0 Å². The fourth-order valence-electron chi connectivity index (χ4n) is 0.894. The number of rotatable bonds is 1. The Bertz CT molecular complexity index is 480. The van der Waals surface area contributed by atoms with Crippen molar-refractivity contribution in [2.75, 3.05) is 0 Å². The molecule has 1 N–H and O–H groups in total. The molecule has 0 fully saturated rings. The third kappa shape index (κ3) is 1.26. The molecule has 0 saturated heterocycles. The van der Waals surface area contributed by atoms with Gasteiger partial charge in [0.05, 0.1) is 0 Å². The molecule has 66 valence electrons. The summed E-state index contributed by atoms with van der Waals surface area (Å²) in [4.78, 5) is 18.2. The number of aromatic nitrogens is 4. The summed E-state index contributed by atoms with van der Waals surface area (Å²) in [7, 11) is 0. The summed E-state index contributed by atoms with van der Waals surface area (Å²) in [5.41, 5.74) is 0.389. The van der Waals surface area contributed by atoms with Gasteiger partial charge in [-0.25, -0.2) is 14.8 Å². The molecule has 2 heterocycles. The highest BCUT2D eigenvalue weighted by atomic mass is 79.9. The van der Waals surface area contributed by atoms with E-state index < -0.39 is 5.97 Å². The molecule has 0 radical (unpaired) electrons. The quantitative estimate of drug-likeness (QED) is 0.792. The lowest BCUT2D eigenvalue weighted by molar-refractivity contribution is 0.0690. The number of halogens is 1. The number of fused-ring (bicyclic) bond motifs is 1. The van der Waals surface area contributed by atoms with Crippen LogP contribution in [0.15, 0.2) is 17.1 Å². The first kappa shape index (κ1) is 8.11. The van der Waals surface area contributed by atoms with Crippen LogP contribution in [0, 0.1) is 0 Å². The third-order valence-electron chi connectivity index (χ3n) is 1.44. The van der Waals surface area contributed by atoms with Crippen LogP contribution < -0.4 is 0 Å². The van der Waals surface area contributed by atoms with Crippen molar-refractivity contribution in [3.63, 3.8) is 0 Å². The van der Waals surface area contributed by atoms with Crippen LogP contribution in [0.1, 0.15) is 10.5 Å². The van der Waals surface area contributed by atoms with Crippen LogP contribution in [-0.4, -0.2) is 30.7 Å². The zero-order valence-corrected chi connectivity index (χ0v) is 7.76. The Morgan fingerprint density at radius 1 is 1.54 bits per heavy atom. The van der Waals surface area contributed by atoms with Crippen molar-refractivity contribution in [1.82, 2.24) is 19.6 Å². The third-order valence-corrected chi connectivity index (χ3v) is 1.98. The Morgan fingerprint density at radius 3 is 2.92 bits per heavy atom. The van der Waals surface area contributed by atoms with Gasteiger partial charge in [0.25, 0.3) is 0 Å². The Labute approximate surface area is 80.4 Å². The van der Waals surface area contributed by atoms with Gasteiger partial charge < -0.3 is 5.11 Å². The second kappa shape index (κ2) is 2.77. The van der Waals surface area contributed by atoms with Gasteiger partial charge in [0.1, 0.15) is 6.33 Å². The molecule has 0 atom stereocenters. The number of hydrogen-bond acceptors (Lipinski definition) is 4. The zero-order chi connectivity index (χ0) is 9.42. The van der Waals surface area contributed by atoms with E-state index >= 15 is 0 Å². The minimum Gasteiger partial charge on any atom is -0.476 e. The van der Waals surface area contributed by atoms with Gasteiger partial charge in [-0.05, 0) is 15.9 Å². The number of carboxylic acid groups (broad SMARTS) is 1. The lowest BCUT2D eigenvalue weighted by Gasteiger charge is -1.91. The number of carbonyl (C=O) groups is 1. The summed E-state index contributed by atoms with van der Waals surface area (Å²) in [6.07, 6.45) is 1.33. The smallest absolute Gasteiger partial charge is 0.356 e. The molecule has 0 bridgehead atoms. The number of hydrogen-bond donors (Lipinski definition) is 1. The Kier molecular flexibility index (Phi) is 1.73. The van der Waals surface area contributed by atoms with E-state index in [0.29, 0.717) is 10.4 Å². The van der Waals surface area contributed by atoms with Crippen molar-refractivity contribution in [1.29, 1.82) is 0 Å². The zero-order valence-electron chi connectivity index (χ0n) is 6.18. The van der Waals surface area contributed by atoms with Crippen LogP contribution >= 0.6 is 15.9 Å². The molecule has 0 amide bonds. The average Bonchev–Trinajstić information content (AvgIpc) is 2.49. The molecule has 2 aromatic heterocycles. The Balaban J connectivity index is 2.75. The van der Waals surface area contributed by atoms with E-state index in [2.05, 4.69) is 31.0 Å². The van der Waals surface area contributed by atoms with Crippen LogP contribution in [0.2, 0.25) is 0 Å². The van der Waals surface area contributed by atoms with Crippen LogP contribution in [0.5, 0.6) is 0 Å². The van der Waals surface area contributed by atoms with E-state index in [1.54, 1.807) is 0 Å². The maximum absolute atomic E-state index is 10.5. The minimum absolute atomic E-state index is 0.0544.